The van der Waals surface area contributed by atoms with Crippen LogP contribution in [0.2, 0.25) is 0 Å². The van der Waals surface area contributed by atoms with Crippen LogP contribution in [0.5, 0.6) is 0 Å². The van der Waals surface area contributed by atoms with Crippen molar-refractivity contribution >= 4 is 17.8 Å². The van der Waals surface area contributed by atoms with Gasteiger partial charge in [-0.15, -0.1) is 0 Å². The molecule has 2 rings (SSSR count). The molecule has 2 aromatic carbocycles. The lowest BCUT2D eigenvalue weighted by molar-refractivity contribution is -0.144. The molecule has 0 spiro atoms. The fourth-order valence-corrected chi connectivity index (χ4v) is 2.90. The van der Waals surface area contributed by atoms with E-state index in [0.717, 1.165) is 11.1 Å². The minimum absolute atomic E-state index is 0.0482. The Kier molecular flexibility index (Phi) is 6.71. The van der Waals surface area contributed by atoms with Crippen molar-refractivity contribution in [2.75, 3.05) is 7.11 Å². The van der Waals surface area contributed by atoms with Crippen LogP contribution in [0.25, 0.3) is 0 Å². The van der Waals surface area contributed by atoms with E-state index < -0.39 is 29.3 Å². The molecule has 0 bridgehead atoms. The van der Waals surface area contributed by atoms with Gasteiger partial charge >= 0.3 is 11.9 Å². The normalized spacial score (nSPS) is 12.1. The van der Waals surface area contributed by atoms with Gasteiger partial charge in [0.15, 0.2) is 0 Å². The van der Waals surface area contributed by atoms with Crippen molar-refractivity contribution in [1.82, 2.24) is 5.32 Å². The highest BCUT2D eigenvalue weighted by molar-refractivity contribution is 5.94. The second-order valence-corrected chi connectivity index (χ2v) is 6.34. The molecule has 27 heavy (non-hydrogen) atoms. The number of rotatable bonds is 8. The number of ether oxygens (including phenoxy) is 1. The van der Waals surface area contributed by atoms with Gasteiger partial charge in [-0.3, -0.25) is 9.59 Å². The zero-order chi connectivity index (χ0) is 19.9. The SMILES string of the molecule is COC(=O)CC[C@H](NC(=O)C(C)(c1ccccc1)c1ccccc1)C(=O)O. The molecule has 142 valence electrons. The van der Waals surface area contributed by atoms with Crippen LogP contribution in [0.1, 0.15) is 30.9 Å². The fraction of sp³-hybridized carbons (Fsp3) is 0.286. The second-order valence-electron chi connectivity index (χ2n) is 6.34. The molecule has 0 aromatic heterocycles. The number of hydrogen-bond acceptors (Lipinski definition) is 4. The van der Waals surface area contributed by atoms with E-state index in [0.29, 0.717) is 0 Å². The van der Waals surface area contributed by atoms with Crippen molar-refractivity contribution in [3.8, 4) is 0 Å². The summed E-state index contributed by atoms with van der Waals surface area (Å²) in [7, 11) is 1.23. The number of esters is 1. The van der Waals surface area contributed by atoms with E-state index >= 15 is 0 Å². The Balaban J connectivity index is 2.34. The number of carbonyl (C=O) groups is 3. The predicted molar refractivity (Wildman–Crippen MR) is 100 cm³/mol. The molecule has 0 saturated carbocycles. The number of carbonyl (C=O) groups excluding carboxylic acids is 2. The summed E-state index contributed by atoms with van der Waals surface area (Å²) in [6.45, 7) is 1.76. The van der Waals surface area contributed by atoms with Gasteiger partial charge in [-0.05, 0) is 24.5 Å². The van der Waals surface area contributed by atoms with E-state index in [1.807, 2.05) is 60.7 Å². The second kappa shape index (κ2) is 8.98. The predicted octanol–water partition coefficient (Wildman–Crippen LogP) is 2.52. The smallest absolute Gasteiger partial charge is 0.326 e. The molecule has 2 aromatic rings. The summed E-state index contributed by atoms with van der Waals surface area (Å²) in [6, 6.07) is 17.1. The number of hydrogen-bond donors (Lipinski definition) is 2. The van der Waals surface area contributed by atoms with Crippen LogP contribution < -0.4 is 5.32 Å². The molecular formula is C21H23NO5. The molecule has 6 heteroatoms. The van der Waals surface area contributed by atoms with Crippen molar-refractivity contribution in [3.63, 3.8) is 0 Å². The van der Waals surface area contributed by atoms with E-state index in [-0.39, 0.29) is 12.8 Å². The van der Waals surface area contributed by atoms with Gasteiger partial charge in [-0.2, -0.15) is 0 Å². The Hall–Kier alpha value is -3.15. The largest absolute Gasteiger partial charge is 0.480 e. The minimum Gasteiger partial charge on any atom is -0.480 e. The number of methoxy groups -OCH3 is 1. The summed E-state index contributed by atoms with van der Waals surface area (Å²) in [5.41, 5.74) is 0.401. The number of nitrogens with one attached hydrogen (secondary N) is 1. The topological polar surface area (TPSA) is 92.7 Å². The molecule has 6 nitrogen and oxygen atoms in total. The first-order valence-electron chi connectivity index (χ1n) is 8.61. The maximum Gasteiger partial charge on any atom is 0.326 e. The van der Waals surface area contributed by atoms with Gasteiger partial charge in [0.25, 0.3) is 0 Å². The summed E-state index contributed by atoms with van der Waals surface area (Å²) in [6.07, 6.45) is -0.144. The summed E-state index contributed by atoms with van der Waals surface area (Å²) in [5.74, 6) is -2.17. The molecule has 0 unspecified atom stereocenters. The zero-order valence-corrected chi connectivity index (χ0v) is 15.3. The van der Waals surface area contributed by atoms with Crippen molar-refractivity contribution in [2.45, 2.75) is 31.2 Å². The molecule has 1 amide bonds. The molecular weight excluding hydrogens is 346 g/mol. The third kappa shape index (κ3) is 4.73. The van der Waals surface area contributed by atoms with Crippen molar-refractivity contribution in [2.24, 2.45) is 0 Å². The van der Waals surface area contributed by atoms with Crippen LogP contribution in [-0.4, -0.2) is 36.1 Å². The van der Waals surface area contributed by atoms with Crippen LogP contribution in [0.15, 0.2) is 60.7 Å². The molecule has 0 radical (unpaired) electrons. The zero-order valence-electron chi connectivity index (χ0n) is 15.3. The molecule has 0 saturated heterocycles. The number of aliphatic carboxylic acids is 1. The standard InChI is InChI=1S/C21H23NO5/c1-21(15-9-5-3-6-10-15,16-11-7-4-8-12-16)20(26)22-17(19(24)25)13-14-18(23)27-2/h3-12,17H,13-14H2,1-2H3,(H,22,26)(H,24,25)/t17-/m0/s1. The number of carboxylic acid groups (broad SMARTS) is 1. The molecule has 0 fully saturated rings. The first-order valence-corrected chi connectivity index (χ1v) is 8.61. The number of amides is 1. The van der Waals surface area contributed by atoms with Gasteiger partial charge < -0.3 is 15.2 Å². The van der Waals surface area contributed by atoms with Crippen LogP contribution in [0.4, 0.5) is 0 Å². The monoisotopic (exact) mass is 369 g/mol. The number of carboxylic acids is 1. The van der Waals surface area contributed by atoms with Gasteiger partial charge in [0.1, 0.15) is 6.04 Å². The summed E-state index contributed by atoms with van der Waals surface area (Å²) in [4.78, 5) is 36.1. The highest BCUT2D eigenvalue weighted by atomic mass is 16.5. The van der Waals surface area contributed by atoms with E-state index in [1.54, 1.807) is 6.92 Å². The van der Waals surface area contributed by atoms with E-state index in [4.69, 9.17) is 0 Å². The van der Waals surface area contributed by atoms with Gasteiger partial charge in [0.05, 0.1) is 12.5 Å². The van der Waals surface area contributed by atoms with Crippen molar-refractivity contribution in [1.29, 1.82) is 0 Å². The molecule has 0 aliphatic heterocycles. The van der Waals surface area contributed by atoms with Gasteiger partial charge in [-0.1, -0.05) is 60.7 Å². The van der Waals surface area contributed by atoms with E-state index in [2.05, 4.69) is 10.1 Å². The maximum atomic E-state index is 13.2. The third-order valence-corrected chi connectivity index (χ3v) is 4.62. The highest BCUT2D eigenvalue weighted by Crippen LogP contribution is 2.32. The van der Waals surface area contributed by atoms with Crippen LogP contribution >= 0.6 is 0 Å². The fourth-order valence-electron chi connectivity index (χ4n) is 2.90. The summed E-state index contributed by atoms with van der Waals surface area (Å²) >= 11 is 0. The highest BCUT2D eigenvalue weighted by Gasteiger charge is 2.38. The molecule has 1 atom stereocenters. The Bertz CT molecular complexity index is 749. The van der Waals surface area contributed by atoms with Crippen LogP contribution in [-0.2, 0) is 24.5 Å². The first-order chi connectivity index (χ1) is 12.9. The Morgan fingerprint density at radius 2 is 1.48 bits per heavy atom. The van der Waals surface area contributed by atoms with E-state index in [1.165, 1.54) is 7.11 Å². The Morgan fingerprint density at radius 1 is 1.00 bits per heavy atom. The lowest BCUT2D eigenvalue weighted by Crippen LogP contribution is -2.50. The molecule has 2 N–H and O–H groups in total. The van der Waals surface area contributed by atoms with Gasteiger partial charge in [0, 0.05) is 6.42 Å². The first kappa shape index (κ1) is 20.2. The lowest BCUT2D eigenvalue weighted by atomic mass is 9.75. The lowest BCUT2D eigenvalue weighted by Gasteiger charge is -2.31. The average molecular weight is 369 g/mol. The van der Waals surface area contributed by atoms with Crippen molar-refractivity contribution < 1.29 is 24.2 Å². The van der Waals surface area contributed by atoms with E-state index in [9.17, 15) is 19.5 Å². The van der Waals surface area contributed by atoms with Crippen molar-refractivity contribution in [3.05, 3.63) is 71.8 Å². The average Bonchev–Trinajstić information content (AvgIpc) is 2.70. The summed E-state index contributed by atoms with van der Waals surface area (Å²) in [5, 5.41) is 12.0. The third-order valence-electron chi connectivity index (χ3n) is 4.62. The summed E-state index contributed by atoms with van der Waals surface area (Å²) < 4.78 is 4.55. The van der Waals surface area contributed by atoms with Gasteiger partial charge in [-0.25, -0.2) is 4.79 Å². The quantitative estimate of drug-likeness (QED) is 0.698. The maximum absolute atomic E-state index is 13.2. The molecule has 0 aliphatic carbocycles. The number of benzene rings is 2. The Labute approximate surface area is 158 Å². The van der Waals surface area contributed by atoms with Gasteiger partial charge in [0.2, 0.25) is 5.91 Å². The molecule has 0 heterocycles. The minimum atomic E-state index is -1.20. The van der Waals surface area contributed by atoms with Crippen LogP contribution in [0.3, 0.4) is 0 Å². The Morgan fingerprint density at radius 3 is 1.89 bits per heavy atom. The van der Waals surface area contributed by atoms with Crippen LogP contribution in [0, 0.1) is 0 Å². The molecule has 0 aliphatic rings.